The van der Waals surface area contributed by atoms with E-state index in [2.05, 4.69) is 9.72 Å². The minimum Gasteiger partial charge on any atom is -0.464 e. The Labute approximate surface area is 86.8 Å². The van der Waals surface area contributed by atoms with Crippen LogP contribution in [-0.2, 0) is 15.5 Å². The van der Waals surface area contributed by atoms with Crippen LogP contribution >= 0.6 is 12.0 Å². The van der Waals surface area contributed by atoms with E-state index >= 15 is 0 Å². The zero-order valence-corrected chi connectivity index (χ0v) is 8.84. The van der Waals surface area contributed by atoms with E-state index in [1.165, 1.54) is 19.2 Å². The van der Waals surface area contributed by atoms with E-state index < -0.39 is 5.97 Å². The van der Waals surface area contributed by atoms with Crippen molar-refractivity contribution in [3.8, 4) is 0 Å². The molecule has 0 saturated carbocycles. The van der Waals surface area contributed by atoms with Gasteiger partial charge in [0.1, 0.15) is 5.69 Å². The monoisotopic (exact) mass is 213 g/mol. The molecule has 1 heterocycles. The summed E-state index contributed by atoms with van der Waals surface area (Å²) >= 11 is 1.29. The summed E-state index contributed by atoms with van der Waals surface area (Å²) in [5.41, 5.74) is 1.23. The lowest BCUT2D eigenvalue weighted by Gasteiger charge is -2.01. The number of pyridine rings is 1. The number of esters is 1. The van der Waals surface area contributed by atoms with E-state index in [1.807, 2.05) is 6.26 Å². The topological polar surface area (TPSA) is 48.4 Å². The Morgan fingerprint density at radius 1 is 1.57 bits per heavy atom. The predicted molar refractivity (Wildman–Crippen MR) is 53.9 cm³/mol. The highest BCUT2D eigenvalue weighted by Gasteiger charge is 2.05. The second kappa shape index (κ2) is 5.62. The minimum absolute atomic E-state index is 0.306. The van der Waals surface area contributed by atoms with Crippen molar-refractivity contribution in [3.05, 3.63) is 29.6 Å². The second-order valence-electron chi connectivity index (χ2n) is 2.47. The fourth-order valence-corrected chi connectivity index (χ4v) is 1.12. The molecule has 0 aliphatic heterocycles. The maximum Gasteiger partial charge on any atom is 0.356 e. The van der Waals surface area contributed by atoms with Crippen molar-refractivity contribution in [2.75, 3.05) is 13.4 Å². The third-order valence-corrected chi connectivity index (χ3v) is 1.92. The van der Waals surface area contributed by atoms with Crippen LogP contribution in [0.2, 0.25) is 0 Å². The van der Waals surface area contributed by atoms with Crippen molar-refractivity contribution in [1.82, 2.24) is 4.98 Å². The molecule has 0 atom stereocenters. The predicted octanol–water partition coefficient (Wildman–Crippen LogP) is 1.66. The van der Waals surface area contributed by atoms with E-state index in [4.69, 9.17) is 4.18 Å². The number of hydrogen-bond donors (Lipinski definition) is 0. The summed E-state index contributed by atoms with van der Waals surface area (Å²) in [5.74, 6) is -0.428. The smallest absolute Gasteiger partial charge is 0.356 e. The van der Waals surface area contributed by atoms with E-state index in [9.17, 15) is 4.79 Å². The van der Waals surface area contributed by atoms with Gasteiger partial charge in [0.15, 0.2) is 0 Å². The summed E-state index contributed by atoms with van der Waals surface area (Å²) in [6.45, 7) is 0.482. The molecule has 0 aliphatic rings. The van der Waals surface area contributed by atoms with E-state index in [1.54, 1.807) is 18.3 Å². The first-order valence-electron chi connectivity index (χ1n) is 3.96. The molecule has 0 N–H and O–H groups in total. The van der Waals surface area contributed by atoms with Gasteiger partial charge in [0.25, 0.3) is 0 Å². The molecule has 0 saturated heterocycles. The average Bonchev–Trinajstić information content (AvgIpc) is 2.26. The summed E-state index contributed by atoms with van der Waals surface area (Å²) in [5, 5.41) is 0. The molecule has 0 amide bonds. The van der Waals surface area contributed by atoms with Crippen LogP contribution in [0.1, 0.15) is 16.1 Å². The van der Waals surface area contributed by atoms with Crippen molar-refractivity contribution < 1.29 is 13.7 Å². The largest absolute Gasteiger partial charge is 0.464 e. The maximum atomic E-state index is 11.0. The molecule has 0 aromatic carbocycles. The van der Waals surface area contributed by atoms with Gasteiger partial charge in [-0.2, -0.15) is 0 Å². The fraction of sp³-hybridized carbons (Fsp3) is 0.333. The molecule has 0 fully saturated rings. The minimum atomic E-state index is -0.428. The summed E-state index contributed by atoms with van der Waals surface area (Å²) in [6.07, 6.45) is 3.44. The Morgan fingerprint density at radius 2 is 2.36 bits per heavy atom. The highest BCUT2D eigenvalue weighted by Crippen LogP contribution is 2.06. The lowest BCUT2D eigenvalue weighted by molar-refractivity contribution is 0.0594. The van der Waals surface area contributed by atoms with Crippen LogP contribution in [0.25, 0.3) is 0 Å². The van der Waals surface area contributed by atoms with Crippen LogP contribution in [0.4, 0.5) is 0 Å². The third-order valence-electron chi connectivity index (χ3n) is 1.56. The first kappa shape index (κ1) is 11.0. The number of hydrogen-bond acceptors (Lipinski definition) is 5. The van der Waals surface area contributed by atoms with Gasteiger partial charge in [-0.05, 0) is 23.7 Å². The Hall–Kier alpha value is -1.07. The van der Waals surface area contributed by atoms with Gasteiger partial charge in [-0.3, -0.25) is 0 Å². The van der Waals surface area contributed by atoms with Crippen molar-refractivity contribution in [2.45, 2.75) is 6.61 Å². The summed E-state index contributed by atoms with van der Waals surface area (Å²) < 4.78 is 9.63. The van der Waals surface area contributed by atoms with Crippen molar-refractivity contribution in [2.24, 2.45) is 0 Å². The number of aromatic nitrogens is 1. The summed E-state index contributed by atoms with van der Waals surface area (Å²) in [4.78, 5) is 15.0. The van der Waals surface area contributed by atoms with Crippen LogP contribution in [0.15, 0.2) is 18.3 Å². The van der Waals surface area contributed by atoms with Gasteiger partial charge < -0.3 is 8.92 Å². The van der Waals surface area contributed by atoms with E-state index in [-0.39, 0.29) is 0 Å². The molecule has 0 radical (unpaired) electrons. The first-order valence-corrected chi connectivity index (χ1v) is 5.11. The number of carbonyl (C=O) groups is 1. The molecule has 1 rings (SSSR count). The Bertz CT molecular complexity index is 299. The molecule has 4 nitrogen and oxygen atoms in total. The molecule has 1 aromatic heterocycles. The SMILES string of the molecule is COC(=O)c1ccc(COSC)cn1. The average molecular weight is 213 g/mol. The maximum absolute atomic E-state index is 11.0. The molecular formula is C9H11NO3S. The highest BCUT2D eigenvalue weighted by molar-refractivity contribution is 7.93. The second-order valence-corrected chi connectivity index (χ2v) is 3.04. The molecular weight excluding hydrogens is 202 g/mol. The van der Waals surface area contributed by atoms with E-state index in [0.717, 1.165) is 5.56 Å². The van der Waals surface area contributed by atoms with Gasteiger partial charge in [0, 0.05) is 12.5 Å². The lowest BCUT2D eigenvalue weighted by Crippen LogP contribution is -2.04. The summed E-state index contributed by atoms with van der Waals surface area (Å²) in [6, 6.07) is 3.40. The Balaban J connectivity index is 2.63. The van der Waals surface area contributed by atoms with Gasteiger partial charge in [-0.15, -0.1) is 0 Å². The molecule has 14 heavy (non-hydrogen) atoms. The fourth-order valence-electron chi connectivity index (χ4n) is 0.862. The normalized spacial score (nSPS) is 9.86. The highest BCUT2D eigenvalue weighted by atomic mass is 32.2. The lowest BCUT2D eigenvalue weighted by atomic mass is 10.2. The van der Waals surface area contributed by atoms with Crippen LogP contribution in [-0.4, -0.2) is 24.3 Å². The number of methoxy groups -OCH3 is 1. The number of ether oxygens (including phenoxy) is 1. The van der Waals surface area contributed by atoms with Gasteiger partial charge >= 0.3 is 5.97 Å². The molecule has 0 bridgehead atoms. The zero-order valence-electron chi connectivity index (χ0n) is 8.02. The van der Waals surface area contributed by atoms with E-state index in [0.29, 0.717) is 12.3 Å². The molecule has 5 heteroatoms. The number of rotatable bonds is 4. The van der Waals surface area contributed by atoms with Crippen molar-refractivity contribution in [1.29, 1.82) is 0 Å². The standard InChI is InChI=1S/C9H11NO3S/c1-12-9(11)8-4-3-7(5-10-8)6-13-14-2/h3-5H,6H2,1-2H3. The van der Waals surface area contributed by atoms with Gasteiger partial charge in [-0.1, -0.05) is 6.07 Å². The molecule has 1 aromatic rings. The van der Waals surface area contributed by atoms with Crippen LogP contribution in [0, 0.1) is 0 Å². The number of nitrogens with zero attached hydrogens (tertiary/aromatic N) is 1. The van der Waals surface area contributed by atoms with Gasteiger partial charge in [-0.25, -0.2) is 9.78 Å². The van der Waals surface area contributed by atoms with Gasteiger partial charge in [0.2, 0.25) is 0 Å². The van der Waals surface area contributed by atoms with Crippen molar-refractivity contribution >= 4 is 18.0 Å². The Morgan fingerprint density at radius 3 is 2.86 bits per heavy atom. The van der Waals surface area contributed by atoms with Crippen LogP contribution in [0.3, 0.4) is 0 Å². The van der Waals surface area contributed by atoms with Crippen molar-refractivity contribution in [3.63, 3.8) is 0 Å². The first-order chi connectivity index (χ1) is 6.77. The van der Waals surface area contributed by atoms with Crippen LogP contribution < -0.4 is 0 Å². The quantitative estimate of drug-likeness (QED) is 0.562. The summed E-state index contributed by atoms with van der Waals surface area (Å²) in [7, 11) is 1.33. The molecule has 0 aliphatic carbocycles. The Kier molecular flexibility index (Phi) is 4.42. The third kappa shape index (κ3) is 3.01. The molecule has 0 spiro atoms. The van der Waals surface area contributed by atoms with Gasteiger partial charge in [0.05, 0.1) is 13.7 Å². The van der Waals surface area contributed by atoms with Crippen LogP contribution in [0.5, 0.6) is 0 Å². The molecule has 76 valence electrons. The zero-order chi connectivity index (χ0) is 10.4. The molecule has 0 unspecified atom stereocenters. The number of carbonyl (C=O) groups excluding carboxylic acids is 1.